The van der Waals surface area contributed by atoms with Crippen LogP contribution in [0.15, 0.2) is 82.2 Å². The van der Waals surface area contributed by atoms with Gasteiger partial charge in [0.25, 0.3) is 10.0 Å². The van der Waals surface area contributed by atoms with Crippen molar-refractivity contribution < 1.29 is 22.7 Å². The number of carbonyl (C=O) groups excluding carboxylic acids is 2. The van der Waals surface area contributed by atoms with E-state index in [9.17, 15) is 18.0 Å². The molecule has 0 aliphatic rings. The van der Waals surface area contributed by atoms with Crippen LogP contribution in [0.4, 0.5) is 5.69 Å². The molecule has 3 aromatic rings. The molecule has 0 bridgehead atoms. The summed E-state index contributed by atoms with van der Waals surface area (Å²) in [5.41, 5.74) is 1.93. The first-order valence-electron chi connectivity index (χ1n) is 13.6. The maximum Gasteiger partial charge on any atom is 0.264 e. The first-order chi connectivity index (χ1) is 19.4. The number of halogens is 1. The van der Waals surface area contributed by atoms with Crippen molar-refractivity contribution in [3.05, 3.63) is 88.4 Å². The minimum Gasteiger partial charge on any atom is -0.492 e. The molecule has 1 atom stereocenters. The monoisotopic (exact) mass is 643 g/mol. The number of anilines is 1. The van der Waals surface area contributed by atoms with E-state index in [0.29, 0.717) is 18.9 Å². The second-order valence-corrected chi connectivity index (χ2v) is 13.0. The normalized spacial score (nSPS) is 12.1. The van der Waals surface area contributed by atoms with Gasteiger partial charge >= 0.3 is 0 Å². The Hall–Kier alpha value is -3.37. The Balaban J connectivity index is 2.07. The van der Waals surface area contributed by atoms with Crippen molar-refractivity contribution >= 4 is 43.5 Å². The lowest BCUT2D eigenvalue weighted by Crippen LogP contribution is -2.51. The number of carbonyl (C=O) groups is 2. The highest BCUT2D eigenvalue weighted by Crippen LogP contribution is 2.33. The van der Waals surface area contributed by atoms with Gasteiger partial charge in [-0.05, 0) is 68.7 Å². The standard InChI is InChI=1S/C31H38BrN3O5S/c1-6-40-29-13-8-7-12-28(29)35(41(38,39)27-16-14-23(4)15-17-27)21-30(36)34(20-25-10-9-11-26(32)18-25)24(5)31(37)33-19-22(2)3/h7-18,22,24H,6,19-21H2,1-5H3,(H,33,37)/t24-/m0/s1. The quantitative estimate of drug-likeness (QED) is 0.264. The van der Waals surface area contributed by atoms with Gasteiger partial charge in [-0.25, -0.2) is 8.42 Å². The highest BCUT2D eigenvalue weighted by Gasteiger charge is 2.33. The summed E-state index contributed by atoms with van der Waals surface area (Å²) in [5, 5.41) is 2.89. The Morgan fingerprint density at radius 1 is 0.976 bits per heavy atom. The van der Waals surface area contributed by atoms with Crippen molar-refractivity contribution in [2.45, 2.75) is 52.1 Å². The van der Waals surface area contributed by atoms with Crippen molar-refractivity contribution in [1.29, 1.82) is 0 Å². The van der Waals surface area contributed by atoms with Crippen LogP contribution in [0.2, 0.25) is 0 Å². The highest BCUT2D eigenvalue weighted by molar-refractivity contribution is 9.10. The third-order valence-electron chi connectivity index (χ3n) is 6.42. The van der Waals surface area contributed by atoms with Crippen molar-refractivity contribution in [3.63, 3.8) is 0 Å². The van der Waals surface area contributed by atoms with Crippen LogP contribution in [-0.2, 0) is 26.2 Å². The van der Waals surface area contributed by atoms with Crippen LogP contribution in [0.5, 0.6) is 5.75 Å². The fraction of sp³-hybridized carbons (Fsp3) is 0.355. The summed E-state index contributed by atoms with van der Waals surface area (Å²) in [4.78, 5) is 28.7. The van der Waals surface area contributed by atoms with Gasteiger partial charge in [-0.3, -0.25) is 13.9 Å². The summed E-state index contributed by atoms with van der Waals surface area (Å²) in [6.07, 6.45) is 0. The molecule has 0 spiro atoms. The minimum absolute atomic E-state index is 0.0449. The molecule has 0 saturated heterocycles. The third-order valence-corrected chi connectivity index (χ3v) is 8.68. The van der Waals surface area contributed by atoms with E-state index in [2.05, 4.69) is 21.2 Å². The van der Waals surface area contributed by atoms with Gasteiger partial charge in [-0.2, -0.15) is 0 Å². The fourth-order valence-electron chi connectivity index (χ4n) is 4.16. The Labute approximate surface area is 251 Å². The Kier molecular flexibility index (Phi) is 11.4. The van der Waals surface area contributed by atoms with Crippen LogP contribution in [0.1, 0.15) is 38.8 Å². The molecule has 8 nitrogen and oxygen atoms in total. The Morgan fingerprint density at radius 3 is 2.29 bits per heavy atom. The van der Waals surface area contributed by atoms with E-state index >= 15 is 0 Å². The predicted octanol–water partition coefficient (Wildman–Crippen LogP) is 5.54. The number of benzene rings is 3. The molecule has 3 rings (SSSR count). The van der Waals surface area contributed by atoms with Crippen LogP contribution in [0, 0.1) is 12.8 Å². The number of ether oxygens (including phenoxy) is 1. The van der Waals surface area contributed by atoms with Gasteiger partial charge in [0.15, 0.2) is 0 Å². The number of para-hydroxylation sites is 2. The van der Waals surface area contributed by atoms with Gasteiger partial charge in [0.1, 0.15) is 18.3 Å². The van der Waals surface area contributed by atoms with E-state index in [-0.39, 0.29) is 29.0 Å². The molecule has 0 fully saturated rings. The average Bonchev–Trinajstić information content (AvgIpc) is 2.93. The smallest absolute Gasteiger partial charge is 0.264 e. The molecule has 0 heterocycles. The number of aryl methyl sites for hydroxylation is 1. The molecule has 0 aromatic heterocycles. The summed E-state index contributed by atoms with van der Waals surface area (Å²) in [7, 11) is -4.19. The number of nitrogens with zero attached hydrogens (tertiary/aromatic N) is 2. The lowest BCUT2D eigenvalue weighted by Gasteiger charge is -2.32. The number of sulfonamides is 1. The topological polar surface area (TPSA) is 96.0 Å². The fourth-order valence-corrected chi connectivity index (χ4v) is 6.03. The van der Waals surface area contributed by atoms with E-state index in [1.807, 2.05) is 45.0 Å². The van der Waals surface area contributed by atoms with Gasteiger partial charge in [0, 0.05) is 17.6 Å². The van der Waals surface area contributed by atoms with Gasteiger partial charge in [0.2, 0.25) is 11.8 Å². The van der Waals surface area contributed by atoms with Crippen molar-refractivity contribution in [3.8, 4) is 5.75 Å². The summed E-state index contributed by atoms with van der Waals surface area (Å²) >= 11 is 3.46. The van der Waals surface area contributed by atoms with Crippen LogP contribution >= 0.6 is 15.9 Å². The first kappa shape index (κ1) is 32.1. The molecule has 41 heavy (non-hydrogen) atoms. The second kappa shape index (κ2) is 14.5. The van der Waals surface area contributed by atoms with Crippen LogP contribution < -0.4 is 14.4 Å². The van der Waals surface area contributed by atoms with Crippen LogP contribution in [0.25, 0.3) is 0 Å². The number of nitrogens with one attached hydrogen (secondary N) is 1. The summed E-state index contributed by atoms with van der Waals surface area (Å²) < 4.78 is 35.8. The molecular weight excluding hydrogens is 606 g/mol. The van der Waals surface area contributed by atoms with Gasteiger partial charge in [0.05, 0.1) is 17.2 Å². The summed E-state index contributed by atoms with van der Waals surface area (Å²) in [6, 6.07) is 19.8. The van der Waals surface area contributed by atoms with E-state index in [1.165, 1.54) is 17.0 Å². The molecule has 10 heteroatoms. The largest absolute Gasteiger partial charge is 0.492 e. The van der Waals surface area contributed by atoms with Crippen LogP contribution in [-0.4, -0.2) is 50.9 Å². The van der Waals surface area contributed by atoms with E-state index in [4.69, 9.17) is 4.74 Å². The van der Waals surface area contributed by atoms with E-state index in [0.717, 1.165) is 19.9 Å². The van der Waals surface area contributed by atoms with E-state index in [1.54, 1.807) is 50.2 Å². The molecule has 0 radical (unpaired) electrons. The second-order valence-electron chi connectivity index (χ2n) is 10.2. The molecule has 2 amide bonds. The zero-order chi connectivity index (χ0) is 30.2. The predicted molar refractivity (Wildman–Crippen MR) is 165 cm³/mol. The van der Waals surface area contributed by atoms with Gasteiger partial charge < -0.3 is 15.0 Å². The maximum absolute atomic E-state index is 14.1. The molecule has 0 saturated carbocycles. The van der Waals surface area contributed by atoms with E-state index < -0.39 is 28.5 Å². The SMILES string of the molecule is CCOc1ccccc1N(CC(=O)N(Cc1cccc(Br)c1)[C@@H](C)C(=O)NCC(C)C)S(=O)(=O)c1ccc(C)cc1. The molecule has 0 aliphatic carbocycles. The number of hydrogen-bond donors (Lipinski definition) is 1. The first-order valence-corrected chi connectivity index (χ1v) is 15.8. The Bertz CT molecular complexity index is 1440. The maximum atomic E-state index is 14.1. The van der Waals surface area contributed by atoms with Crippen LogP contribution in [0.3, 0.4) is 0 Å². The molecule has 0 unspecified atom stereocenters. The van der Waals surface area contributed by atoms with Crippen molar-refractivity contribution in [2.75, 3.05) is 24.0 Å². The molecule has 3 aromatic carbocycles. The lowest BCUT2D eigenvalue weighted by molar-refractivity contribution is -0.139. The zero-order valence-corrected chi connectivity index (χ0v) is 26.5. The lowest BCUT2D eigenvalue weighted by atomic mass is 10.1. The number of hydrogen-bond acceptors (Lipinski definition) is 5. The Morgan fingerprint density at radius 2 is 1.66 bits per heavy atom. The minimum atomic E-state index is -4.19. The summed E-state index contributed by atoms with van der Waals surface area (Å²) in [5.74, 6) is -0.283. The summed E-state index contributed by atoms with van der Waals surface area (Å²) in [6.45, 7) is 9.64. The van der Waals surface area contributed by atoms with Gasteiger partial charge in [-0.15, -0.1) is 0 Å². The molecule has 1 N–H and O–H groups in total. The van der Waals surface area contributed by atoms with Gasteiger partial charge in [-0.1, -0.05) is 71.7 Å². The average molecular weight is 645 g/mol. The zero-order valence-electron chi connectivity index (χ0n) is 24.1. The molecule has 220 valence electrons. The third kappa shape index (κ3) is 8.56. The molecule has 0 aliphatic heterocycles. The number of amides is 2. The van der Waals surface area contributed by atoms with Crippen molar-refractivity contribution in [2.24, 2.45) is 5.92 Å². The number of rotatable bonds is 13. The molecular formula is C31H38BrN3O5S. The highest BCUT2D eigenvalue weighted by atomic mass is 79.9. The van der Waals surface area contributed by atoms with Crippen molar-refractivity contribution in [1.82, 2.24) is 10.2 Å².